The van der Waals surface area contributed by atoms with Gasteiger partial charge in [0.05, 0.1) is 30.7 Å². The molecule has 0 spiro atoms. The van der Waals surface area contributed by atoms with Crippen LogP contribution >= 0.6 is 0 Å². The number of nitrogen functional groups attached to an aromatic ring is 1. The van der Waals surface area contributed by atoms with E-state index in [1.807, 2.05) is 0 Å². The van der Waals surface area contributed by atoms with E-state index in [0.717, 1.165) is 0 Å². The number of rotatable bonds is 6. The van der Waals surface area contributed by atoms with Crippen molar-refractivity contribution in [3.05, 3.63) is 48.0 Å². The Morgan fingerprint density at radius 3 is 2.45 bits per heavy atom. The summed E-state index contributed by atoms with van der Waals surface area (Å²) < 4.78 is 7.27. The number of carbonyl (C=O) groups excluding carboxylic acids is 2. The average molecular weight is 456 g/mol. The number of nitrogens with zero attached hydrogens (tertiary/aromatic N) is 5. The van der Waals surface area contributed by atoms with Gasteiger partial charge in [0.1, 0.15) is 30.2 Å². The smallest absolute Gasteiger partial charge is 0.285 e. The van der Waals surface area contributed by atoms with Gasteiger partial charge in [-0.05, 0) is 12.1 Å². The van der Waals surface area contributed by atoms with Gasteiger partial charge in [-0.2, -0.15) is 0 Å². The second-order valence-electron chi connectivity index (χ2n) is 7.70. The Balaban J connectivity index is 1.45. The summed E-state index contributed by atoms with van der Waals surface area (Å²) >= 11 is 0. The van der Waals surface area contributed by atoms with Gasteiger partial charge in [0.2, 0.25) is 0 Å². The second kappa shape index (κ2) is 7.83. The molecule has 13 nitrogen and oxygen atoms in total. The first-order valence-corrected chi connectivity index (χ1v) is 10.1. The van der Waals surface area contributed by atoms with E-state index in [9.17, 15) is 24.9 Å². The first kappa shape index (κ1) is 21.4. The molecule has 0 aliphatic carbocycles. The number of benzene rings is 1. The van der Waals surface area contributed by atoms with E-state index in [1.165, 1.54) is 29.4 Å². The SMILES string of the molecule is Nc1ncnc2c1ncn2[C@]1(CCON2C(=O)c3ccccc3C2=O)O[C@H](CO)[C@@H](O)[C@H]1O. The Morgan fingerprint density at radius 2 is 1.82 bits per heavy atom. The topological polar surface area (TPSA) is 186 Å². The van der Waals surface area contributed by atoms with Crippen LogP contribution in [0.25, 0.3) is 11.2 Å². The van der Waals surface area contributed by atoms with Crippen molar-refractivity contribution in [1.29, 1.82) is 0 Å². The van der Waals surface area contributed by atoms with Crippen LogP contribution in [-0.4, -0.2) is 83.2 Å². The van der Waals surface area contributed by atoms with E-state index in [1.54, 1.807) is 12.1 Å². The fraction of sp³-hybridized carbons (Fsp3) is 0.350. The molecule has 1 fully saturated rings. The summed E-state index contributed by atoms with van der Waals surface area (Å²) in [5.74, 6) is -1.12. The highest BCUT2D eigenvalue weighted by atomic mass is 16.7. The molecule has 2 aliphatic heterocycles. The highest BCUT2D eigenvalue weighted by Gasteiger charge is 2.56. The number of hydrogen-bond donors (Lipinski definition) is 4. The fourth-order valence-electron chi connectivity index (χ4n) is 4.24. The van der Waals surface area contributed by atoms with Crippen molar-refractivity contribution < 1.29 is 34.5 Å². The molecule has 1 saturated heterocycles. The number of imide groups is 1. The molecule has 1 aromatic carbocycles. The van der Waals surface area contributed by atoms with E-state index in [2.05, 4.69) is 15.0 Å². The Labute approximate surface area is 186 Å². The van der Waals surface area contributed by atoms with Crippen molar-refractivity contribution >= 4 is 28.8 Å². The molecule has 2 aliphatic rings. The highest BCUT2D eigenvalue weighted by molar-refractivity contribution is 6.20. The number of hydrogen-bond acceptors (Lipinski definition) is 11. The van der Waals surface area contributed by atoms with Gasteiger partial charge in [0.25, 0.3) is 11.8 Å². The lowest BCUT2D eigenvalue weighted by molar-refractivity contribution is -0.174. The van der Waals surface area contributed by atoms with E-state index in [-0.39, 0.29) is 41.1 Å². The molecular weight excluding hydrogens is 436 g/mol. The summed E-state index contributed by atoms with van der Waals surface area (Å²) in [6.07, 6.45) is -1.71. The van der Waals surface area contributed by atoms with E-state index < -0.39 is 42.5 Å². The van der Waals surface area contributed by atoms with Crippen LogP contribution < -0.4 is 5.73 Å². The third-order valence-corrected chi connectivity index (χ3v) is 5.91. The maximum absolute atomic E-state index is 12.6. The van der Waals surface area contributed by atoms with Gasteiger partial charge in [-0.25, -0.2) is 15.0 Å². The summed E-state index contributed by atoms with van der Waals surface area (Å²) in [5, 5.41) is 31.6. The molecule has 33 heavy (non-hydrogen) atoms. The molecule has 0 bridgehead atoms. The van der Waals surface area contributed by atoms with Crippen LogP contribution in [0.2, 0.25) is 0 Å². The normalized spacial score (nSPS) is 27.0. The molecule has 5 N–H and O–H groups in total. The van der Waals surface area contributed by atoms with Gasteiger partial charge in [-0.3, -0.25) is 19.0 Å². The van der Waals surface area contributed by atoms with Crippen LogP contribution in [0.5, 0.6) is 0 Å². The van der Waals surface area contributed by atoms with Crippen molar-refractivity contribution in [3.63, 3.8) is 0 Å². The fourth-order valence-corrected chi connectivity index (χ4v) is 4.24. The summed E-state index contributed by atoms with van der Waals surface area (Å²) in [6, 6.07) is 6.32. The molecule has 0 saturated carbocycles. The van der Waals surface area contributed by atoms with Crippen molar-refractivity contribution in [2.75, 3.05) is 18.9 Å². The molecular formula is C20H20N6O7. The zero-order valence-electron chi connectivity index (χ0n) is 17.1. The van der Waals surface area contributed by atoms with Crippen LogP contribution in [-0.2, 0) is 15.3 Å². The van der Waals surface area contributed by atoms with Crippen molar-refractivity contribution in [2.45, 2.75) is 30.5 Å². The van der Waals surface area contributed by atoms with Crippen LogP contribution in [0.4, 0.5) is 5.82 Å². The molecule has 4 atom stereocenters. The predicted molar refractivity (Wildman–Crippen MR) is 109 cm³/mol. The zero-order chi connectivity index (χ0) is 23.3. The molecule has 5 rings (SSSR count). The highest BCUT2D eigenvalue weighted by Crippen LogP contribution is 2.40. The Kier molecular flexibility index (Phi) is 5.07. The van der Waals surface area contributed by atoms with Crippen molar-refractivity contribution in [3.8, 4) is 0 Å². The lowest BCUT2D eigenvalue weighted by Gasteiger charge is -2.34. The molecule has 3 aromatic rings. The monoisotopic (exact) mass is 456 g/mol. The van der Waals surface area contributed by atoms with Crippen molar-refractivity contribution in [1.82, 2.24) is 24.6 Å². The molecule has 2 amide bonds. The maximum Gasteiger partial charge on any atom is 0.285 e. The van der Waals surface area contributed by atoms with Gasteiger partial charge < -0.3 is 25.8 Å². The van der Waals surface area contributed by atoms with Crippen LogP contribution in [0.1, 0.15) is 27.1 Å². The first-order chi connectivity index (χ1) is 15.9. The standard InChI is InChI=1S/C20H20N6O7/c21-16-13-17(23-8-22-16)25(9-24-13)20(15(29)14(28)12(7-27)33-20)5-6-32-26-18(30)10-3-1-2-4-11(10)19(26)31/h1-4,8-9,12,14-15,27-29H,5-7H2,(H2,21,22,23)/t12-,14-,15-,20-/m1/s1. The van der Waals surface area contributed by atoms with Crippen LogP contribution in [0, 0.1) is 0 Å². The van der Waals surface area contributed by atoms with Gasteiger partial charge in [0, 0.05) is 6.42 Å². The number of nitrogens with two attached hydrogens (primary N) is 1. The average Bonchev–Trinajstić information content (AvgIpc) is 3.44. The Morgan fingerprint density at radius 1 is 1.12 bits per heavy atom. The van der Waals surface area contributed by atoms with Crippen LogP contribution in [0.15, 0.2) is 36.9 Å². The number of fused-ring (bicyclic) bond motifs is 2. The number of imidazole rings is 1. The first-order valence-electron chi connectivity index (χ1n) is 10.1. The number of carbonyl (C=O) groups is 2. The summed E-state index contributed by atoms with van der Waals surface area (Å²) in [4.78, 5) is 42.8. The lowest BCUT2D eigenvalue weighted by atomic mass is 9.99. The number of hydroxylamine groups is 2. The maximum atomic E-state index is 12.6. The third-order valence-electron chi connectivity index (χ3n) is 5.91. The van der Waals surface area contributed by atoms with Crippen molar-refractivity contribution in [2.24, 2.45) is 0 Å². The molecule has 2 aromatic heterocycles. The summed E-state index contributed by atoms with van der Waals surface area (Å²) in [6.45, 7) is -0.837. The quantitative estimate of drug-likeness (QED) is 0.326. The predicted octanol–water partition coefficient (Wildman–Crippen LogP) is -1.21. The lowest BCUT2D eigenvalue weighted by Crippen LogP contribution is -2.47. The minimum Gasteiger partial charge on any atom is -0.394 e. The molecule has 0 radical (unpaired) electrons. The number of aliphatic hydroxyl groups excluding tert-OH is 3. The second-order valence-corrected chi connectivity index (χ2v) is 7.70. The molecule has 13 heteroatoms. The number of aliphatic hydroxyl groups is 3. The summed E-state index contributed by atoms with van der Waals surface area (Å²) in [5.41, 5.74) is 5.07. The largest absolute Gasteiger partial charge is 0.394 e. The Bertz CT molecular complexity index is 1210. The van der Waals surface area contributed by atoms with Gasteiger partial charge in [-0.15, -0.1) is 5.06 Å². The van der Waals surface area contributed by atoms with Gasteiger partial charge in [-0.1, -0.05) is 12.1 Å². The minimum absolute atomic E-state index is 0.0999. The Hall–Kier alpha value is -3.49. The summed E-state index contributed by atoms with van der Waals surface area (Å²) in [7, 11) is 0. The molecule has 4 heterocycles. The van der Waals surface area contributed by atoms with Gasteiger partial charge >= 0.3 is 0 Å². The molecule has 0 unspecified atom stereocenters. The van der Waals surface area contributed by atoms with Gasteiger partial charge in [0.15, 0.2) is 17.2 Å². The van der Waals surface area contributed by atoms with E-state index in [4.69, 9.17) is 15.3 Å². The van der Waals surface area contributed by atoms with E-state index in [0.29, 0.717) is 5.06 Å². The zero-order valence-corrected chi connectivity index (χ0v) is 17.1. The number of amides is 2. The minimum atomic E-state index is -1.69. The van der Waals surface area contributed by atoms with E-state index >= 15 is 0 Å². The molecule has 172 valence electrons. The number of ether oxygens (including phenoxy) is 1. The number of aromatic nitrogens is 4. The van der Waals surface area contributed by atoms with Crippen LogP contribution in [0.3, 0.4) is 0 Å². The third kappa shape index (κ3) is 3.09. The number of anilines is 1.